The average molecular weight is 350 g/mol. The molecule has 3 rings (SSSR count). The molecule has 1 saturated carbocycles. The number of hydrogen-bond donors (Lipinski definition) is 2. The van der Waals surface area contributed by atoms with Crippen molar-refractivity contribution in [2.45, 2.75) is 44.6 Å². The van der Waals surface area contributed by atoms with E-state index in [2.05, 4.69) is 10.6 Å². The Morgan fingerprint density at radius 2 is 2.00 bits per heavy atom. The second-order valence-electron chi connectivity index (χ2n) is 6.50. The van der Waals surface area contributed by atoms with E-state index in [1.54, 1.807) is 12.1 Å². The van der Waals surface area contributed by atoms with E-state index < -0.39 is 17.5 Å². The van der Waals surface area contributed by atoms with Crippen molar-refractivity contribution in [2.24, 2.45) is 0 Å². The van der Waals surface area contributed by atoms with Gasteiger partial charge >= 0.3 is 6.03 Å². The molecule has 7 heteroatoms. The normalized spacial score (nSPS) is 19.5. The fourth-order valence-corrected chi connectivity index (χ4v) is 3.65. The number of amides is 4. The van der Waals surface area contributed by atoms with Gasteiger partial charge in [0.05, 0.1) is 10.7 Å². The number of nitrogens with one attached hydrogen (secondary N) is 2. The number of anilines is 1. The van der Waals surface area contributed by atoms with E-state index >= 15 is 0 Å². The van der Waals surface area contributed by atoms with Gasteiger partial charge in [-0.2, -0.15) is 0 Å². The number of aryl methyl sites for hydroxylation is 1. The minimum atomic E-state index is -0.808. The van der Waals surface area contributed by atoms with Crippen molar-refractivity contribution < 1.29 is 14.4 Å². The Balaban J connectivity index is 1.68. The van der Waals surface area contributed by atoms with E-state index in [0.717, 1.165) is 29.7 Å². The summed E-state index contributed by atoms with van der Waals surface area (Å²) in [4.78, 5) is 38.0. The van der Waals surface area contributed by atoms with E-state index in [9.17, 15) is 14.4 Å². The van der Waals surface area contributed by atoms with Gasteiger partial charge in [-0.3, -0.25) is 14.5 Å². The van der Waals surface area contributed by atoms with Crippen molar-refractivity contribution in [3.8, 4) is 0 Å². The summed E-state index contributed by atoms with van der Waals surface area (Å²) in [5, 5.41) is 5.86. The zero-order valence-corrected chi connectivity index (χ0v) is 14.3. The molecule has 24 heavy (non-hydrogen) atoms. The molecule has 1 aromatic carbocycles. The van der Waals surface area contributed by atoms with Gasteiger partial charge in [0.15, 0.2) is 0 Å². The average Bonchev–Trinajstić information content (AvgIpc) is 2.75. The fraction of sp³-hybridized carbons (Fsp3) is 0.471. The van der Waals surface area contributed by atoms with Crippen LogP contribution in [0, 0.1) is 6.92 Å². The van der Waals surface area contributed by atoms with Gasteiger partial charge in [0, 0.05) is 0 Å². The van der Waals surface area contributed by atoms with Gasteiger partial charge in [0.1, 0.15) is 12.1 Å². The van der Waals surface area contributed by atoms with Gasteiger partial charge in [-0.25, -0.2) is 4.79 Å². The van der Waals surface area contributed by atoms with Gasteiger partial charge in [-0.1, -0.05) is 36.9 Å². The van der Waals surface area contributed by atoms with E-state index in [1.165, 1.54) is 0 Å². The molecule has 1 aliphatic carbocycles. The number of nitrogens with zero attached hydrogens (tertiary/aromatic N) is 1. The summed E-state index contributed by atoms with van der Waals surface area (Å²) >= 11 is 6.09. The summed E-state index contributed by atoms with van der Waals surface area (Å²) in [6, 6.07) is 4.77. The molecule has 1 saturated heterocycles. The van der Waals surface area contributed by atoms with Crippen LogP contribution in [0.4, 0.5) is 10.5 Å². The quantitative estimate of drug-likeness (QED) is 0.823. The highest BCUT2D eigenvalue weighted by Gasteiger charge is 2.51. The summed E-state index contributed by atoms with van der Waals surface area (Å²) in [7, 11) is 0. The van der Waals surface area contributed by atoms with E-state index in [-0.39, 0.29) is 12.5 Å². The second kappa shape index (κ2) is 6.43. The first-order chi connectivity index (χ1) is 11.4. The Hall–Kier alpha value is -2.08. The lowest BCUT2D eigenvalue weighted by molar-refractivity contribution is -0.134. The smallest absolute Gasteiger partial charge is 0.323 e. The minimum Gasteiger partial charge on any atom is -0.323 e. The number of halogens is 1. The predicted molar refractivity (Wildman–Crippen MR) is 90.9 cm³/mol. The zero-order valence-electron chi connectivity index (χ0n) is 13.5. The maximum absolute atomic E-state index is 12.6. The Bertz CT molecular complexity index is 698. The third kappa shape index (κ3) is 3.11. The number of imide groups is 1. The highest BCUT2D eigenvalue weighted by atomic mass is 35.5. The largest absolute Gasteiger partial charge is 0.325 e. The Morgan fingerprint density at radius 1 is 1.29 bits per heavy atom. The molecule has 6 nitrogen and oxygen atoms in total. The van der Waals surface area contributed by atoms with Gasteiger partial charge < -0.3 is 10.6 Å². The van der Waals surface area contributed by atoms with Crippen molar-refractivity contribution >= 4 is 35.1 Å². The summed E-state index contributed by atoms with van der Waals surface area (Å²) in [6.07, 6.45) is 4.16. The first-order valence-electron chi connectivity index (χ1n) is 8.11. The van der Waals surface area contributed by atoms with Crippen LogP contribution in [0.15, 0.2) is 18.2 Å². The molecule has 128 valence electrons. The number of benzene rings is 1. The Morgan fingerprint density at radius 3 is 2.67 bits per heavy atom. The van der Waals surface area contributed by atoms with Crippen LogP contribution in [0.3, 0.4) is 0 Å². The Kier molecular flexibility index (Phi) is 4.49. The molecule has 1 heterocycles. The van der Waals surface area contributed by atoms with Crippen LogP contribution in [0.2, 0.25) is 5.02 Å². The fourth-order valence-electron chi connectivity index (χ4n) is 3.37. The van der Waals surface area contributed by atoms with Crippen LogP contribution >= 0.6 is 11.6 Å². The van der Waals surface area contributed by atoms with Crippen molar-refractivity contribution in [2.75, 3.05) is 11.9 Å². The van der Waals surface area contributed by atoms with Crippen LogP contribution in [0.1, 0.15) is 37.7 Å². The van der Waals surface area contributed by atoms with Crippen molar-refractivity contribution in [3.63, 3.8) is 0 Å². The molecule has 0 bridgehead atoms. The molecule has 1 spiro atoms. The van der Waals surface area contributed by atoms with Crippen molar-refractivity contribution in [1.29, 1.82) is 0 Å². The first kappa shape index (κ1) is 16.8. The van der Waals surface area contributed by atoms with Crippen LogP contribution in [0.25, 0.3) is 0 Å². The van der Waals surface area contributed by atoms with E-state index in [1.807, 2.05) is 13.0 Å². The number of rotatable bonds is 3. The SMILES string of the molecule is Cc1ccc(NC(=O)CN2C(=O)NC3(CCCCC3)C2=O)c(Cl)c1. The van der Waals surface area contributed by atoms with Crippen LogP contribution < -0.4 is 10.6 Å². The maximum Gasteiger partial charge on any atom is 0.325 e. The summed E-state index contributed by atoms with van der Waals surface area (Å²) in [5.74, 6) is -0.741. The van der Waals surface area contributed by atoms with Gasteiger partial charge in [0.2, 0.25) is 5.91 Å². The summed E-state index contributed by atoms with van der Waals surface area (Å²) in [5.41, 5.74) is 0.634. The molecule has 0 radical (unpaired) electrons. The molecule has 0 atom stereocenters. The predicted octanol–water partition coefficient (Wildman–Crippen LogP) is 2.84. The summed E-state index contributed by atoms with van der Waals surface area (Å²) in [6.45, 7) is 1.59. The van der Waals surface area contributed by atoms with Crippen molar-refractivity contribution in [1.82, 2.24) is 10.2 Å². The number of carbonyl (C=O) groups excluding carboxylic acids is 3. The standard InChI is InChI=1S/C17H20ClN3O3/c1-11-5-6-13(12(18)9-11)19-14(22)10-21-15(23)17(20-16(21)24)7-3-2-4-8-17/h5-6,9H,2-4,7-8,10H2,1H3,(H,19,22)(H,20,24). The number of urea groups is 1. The molecule has 1 aromatic rings. The van der Waals surface area contributed by atoms with Gasteiger partial charge in [0.25, 0.3) is 5.91 Å². The molecule has 2 aliphatic rings. The lowest BCUT2D eigenvalue weighted by Gasteiger charge is -2.30. The lowest BCUT2D eigenvalue weighted by Crippen LogP contribution is -2.48. The highest BCUT2D eigenvalue weighted by Crippen LogP contribution is 2.33. The monoisotopic (exact) mass is 349 g/mol. The third-order valence-electron chi connectivity index (χ3n) is 4.65. The van der Waals surface area contributed by atoms with Crippen LogP contribution in [-0.4, -0.2) is 34.8 Å². The minimum absolute atomic E-state index is 0.294. The second-order valence-corrected chi connectivity index (χ2v) is 6.90. The molecule has 2 N–H and O–H groups in total. The lowest BCUT2D eigenvalue weighted by atomic mass is 9.82. The third-order valence-corrected chi connectivity index (χ3v) is 4.97. The van der Waals surface area contributed by atoms with Crippen LogP contribution in [0.5, 0.6) is 0 Å². The molecule has 0 aromatic heterocycles. The molecule has 1 aliphatic heterocycles. The molecule has 2 fully saturated rings. The zero-order chi connectivity index (χ0) is 17.3. The maximum atomic E-state index is 12.6. The first-order valence-corrected chi connectivity index (χ1v) is 8.49. The van der Waals surface area contributed by atoms with Crippen molar-refractivity contribution in [3.05, 3.63) is 28.8 Å². The number of hydrogen-bond acceptors (Lipinski definition) is 3. The molecule has 4 amide bonds. The van der Waals surface area contributed by atoms with E-state index in [0.29, 0.717) is 23.6 Å². The van der Waals surface area contributed by atoms with E-state index in [4.69, 9.17) is 11.6 Å². The molecule has 0 unspecified atom stereocenters. The topological polar surface area (TPSA) is 78.5 Å². The Labute approximate surface area is 145 Å². The van der Waals surface area contributed by atoms with Gasteiger partial charge in [-0.05, 0) is 37.5 Å². The van der Waals surface area contributed by atoms with Gasteiger partial charge in [-0.15, -0.1) is 0 Å². The summed E-state index contributed by atoms with van der Waals surface area (Å²) < 4.78 is 0. The molecular formula is C17H20ClN3O3. The van der Waals surface area contributed by atoms with Crippen LogP contribution in [-0.2, 0) is 9.59 Å². The molecular weight excluding hydrogens is 330 g/mol. The highest BCUT2D eigenvalue weighted by molar-refractivity contribution is 6.33. The number of carbonyl (C=O) groups is 3.